The monoisotopic (exact) mass is 226 g/mol. The summed E-state index contributed by atoms with van der Waals surface area (Å²) >= 11 is 0. The van der Waals surface area contributed by atoms with Gasteiger partial charge in [0.15, 0.2) is 5.43 Å². The lowest BCUT2D eigenvalue weighted by Gasteiger charge is -2.04. The molecule has 0 spiro atoms. The maximum absolute atomic E-state index is 12.3. The Bertz CT molecular complexity index is 762. The number of hydrogen-bond acceptors (Lipinski definition) is 3. The van der Waals surface area contributed by atoms with Crippen LogP contribution in [0.2, 0.25) is 0 Å². The first-order valence-electron chi connectivity index (χ1n) is 5.23. The topological polar surface area (TPSA) is 55.0 Å². The van der Waals surface area contributed by atoms with Crippen LogP contribution in [0.3, 0.4) is 0 Å². The van der Waals surface area contributed by atoms with Gasteiger partial charge in [0.05, 0.1) is 24.3 Å². The molecule has 0 aliphatic rings. The standard InChI is InChI=1S/C13H10N2O2/c1-17-8-2-3-11-10(6-8)13(16)9-4-5-14-7-12(9)15-11/h2-7H,1H3,(H,15,16). The Hall–Kier alpha value is -2.36. The van der Waals surface area contributed by atoms with Gasteiger partial charge in [-0.05, 0) is 24.3 Å². The maximum Gasteiger partial charge on any atom is 0.197 e. The Labute approximate surface area is 96.9 Å². The zero-order chi connectivity index (χ0) is 11.8. The first-order chi connectivity index (χ1) is 8.29. The van der Waals surface area contributed by atoms with Crippen molar-refractivity contribution >= 4 is 21.8 Å². The Morgan fingerprint density at radius 2 is 2.06 bits per heavy atom. The van der Waals surface area contributed by atoms with Gasteiger partial charge in [-0.3, -0.25) is 9.78 Å². The number of hydrogen-bond donors (Lipinski definition) is 1. The van der Waals surface area contributed by atoms with Gasteiger partial charge in [-0.25, -0.2) is 0 Å². The van der Waals surface area contributed by atoms with E-state index in [1.165, 1.54) is 0 Å². The number of rotatable bonds is 1. The second kappa shape index (κ2) is 3.59. The molecule has 0 amide bonds. The number of benzene rings is 1. The van der Waals surface area contributed by atoms with Crippen LogP contribution in [0.1, 0.15) is 0 Å². The fourth-order valence-corrected chi connectivity index (χ4v) is 1.93. The first-order valence-corrected chi connectivity index (χ1v) is 5.23. The average Bonchev–Trinajstić information content (AvgIpc) is 2.39. The van der Waals surface area contributed by atoms with Gasteiger partial charge >= 0.3 is 0 Å². The molecule has 0 unspecified atom stereocenters. The first kappa shape index (κ1) is 9.84. The third-order valence-corrected chi connectivity index (χ3v) is 2.81. The van der Waals surface area contributed by atoms with Crippen molar-refractivity contribution in [3.05, 3.63) is 46.9 Å². The van der Waals surface area contributed by atoms with E-state index in [1.807, 2.05) is 12.1 Å². The van der Waals surface area contributed by atoms with Crippen LogP contribution in [0.15, 0.2) is 41.5 Å². The molecular formula is C13H10N2O2. The van der Waals surface area contributed by atoms with E-state index in [4.69, 9.17) is 4.74 Å². The smallest absolute Gasteiger partial charge is 0.197 e. The van der Waals surface area contributed by atoms with Crippen molar-refractivity contribution < 1.29 is 4.74 Å². The van der Waals surface area contributed by atoms with Crippen LogP contribution in [0.5, 0.6) is 5.75 Å². The predicted octanol–water partition coefficient (Wildman–Crippen LogP) is 2.08. The molecule has 0 bridgehead atoms. The summed E-state index contributed by atoms with van der Waals surface area (Å²) in [6, 6.07) is 7.11. The lowest BCUT2D eigenvalue weighted by Crippen LogP contribution is -2.04. The molecule has 4 heteroatoms. The molecule has 2 aromatic heterocycles. The van der Waals surface area contributed by atoms with E-state index in [9.17, 15) is 4.79 Å². The molecule has 0 saturated carbocycles. The lowest BCUT2D eigenvalue weighted by atomic mass is 10.1. The second-order valence-electron chi connectivity index (χ2n) is 3.79. The summed E-state index contributed by atoms with van der Waals surface area (Å²) in [6.07, 6.45) is 3.27. The van der Waals surface area contributed by atoms with Crippen molar-refractivity contribution in [1.29, 1.82) is 0 Å². The number of aromatic amines is 1. The number of fused-ring (bicyclic) bond motifs is 2. The Morgan fingerprint density at radius 3 is 2.88 bits per heavy atom. The number of nitrogens with zero attached hydrogens (tertiary/aromatic N) is 1. The second-order valence-corrected chi connectivity index (χ2v) is 3.79. The Balaban J connectivity index is 2.51. The van der Waals surface area contributed by atoms with Gasteiger partial charge in [0, 0.05) is 17.0 Å². The number of methoxy groups -OCH3 is 1. The summed E-state index contributed by atoms with van der Waals surface area (Å²) in [6.45, 7) is 0. The minimum atomic E-state index is -0.00458. The molecule has 0 radical (unpaired) electrons. The van der Waals surface area contributed by atoms with E-state index in [-0.39, 0.29) is 5.43 Å². The molecular weight excluding hydrogens is 216 g/mol. The number of nitrogens with one attached hydrogen (secondary N) is 1. The lowest BCUT2D eigenvalue weighted by molar-refractivity contribution is 0.415. The molecule has 84 valence electrons. The van der Waals surface area contributed by atoms with Crippen LogP contribution in [0.4, 0.5) is 0 Å². The molecule has 0 saturated heterocycles. The van der Waals surface area contributed by atoms with Crippen molar-refractivity contribution in [2.24, 2.45) is 0 Å². The summed E-state index contributed by atoms with van der Waals surface area (Å²) in [5.74, 6) is 0.677. The van der Waals surface area contributed by atoms with E-state index < -0.39 is 0 Å². The zero-order valence-corrected chi connectivity index (χ0v) is 9.23. The van der Waals surface area contributed by atoms with Crippen molar-refractivity contribution in [3.63, 3.8) is 0 Å². The number of aromatic nitrogens is 2. The summed E-state index contributed by atoms with van der Waals surface area (Å²) in [5, 5.41) is 1.27. The number of H-pyrrole nitrogens is 1. The highest BCUT2D eigenvalue weighted by Gasteiger charge is 2.05. The fraction of sp³-hybridized carbons (Fsp3) is 0.0769. The van der Waals surface area contributed by atoms with Crippen LogP contribution in [0.25, 0.3) is 21.8 Å². The van der Waals surface area contributed by atoms with Gasteiger partial charge in [0.1, 0.15) is 5.75 Å². The molecule has 0 fully saturated rings. The molecule has 17 heavy (non-hydrogen) atoms. The van der Waals surface area contributed by atoms with Crippen LogP contribution in [-0.2, 0) is 0 Å². The normalized spacial score (nSPS) is 10.9. The molecule has 0 aliphatic heterocycles. The maximum atomic E-state index is 12.3. The van der Waals surface area contributed by atoms with E-state index in [0.717, 1.165) is 11.0 Å². The van der Waals surface area contributed by atoms with Crippen LogP contribution >= 0.6 is 0 Å². The zero-order valence-electron chi connectivity index (χ0n) is 9.23. The van der Waals surface area contributed by atoms with Crippen LogP contribution in [-0.4, -0.2) is 17.1 Å². The highest BCUT2D eigenvalue weighted by molar-refractivity contribution is 5.92. The van der Waals surface area contributed by atoms with Gasteiger partial charge in [0.25, 0.3) is 0 Å². The molecule has 0 atom stereocenters. The molecule has 4 nitrogen and oxygen atoms in total. The highest BCUT2D eigenvalue weighted by Crippen LogP contribution is 2.18. The van der Waals surface area contributed by atoms with E-state index >= 15 is 0 Å². The van der Waals surface area contributed by atoms with Crippen LogP contribution < -0.4 is 10.2 Å². The van der Waals surface area contributed by atoms with Crippen LogP contribution in [0, 0.1) is 0 Å². The minimum Gasteiger partial charge on any atom is -0.497 e. The van der Waals surface area contributed by atoms with Gasteiger partial charge < -0.3 is 9.72 Å². The summed E-state index contributed by atoms with van der Waals surface area (Å²) in [7, 11) is 1.58. The molecule has 3 aromatic rings. The molecule has 2 heterocycles. The van der Waals surface area contributed by atoms with Gasteiger partial charge in [0.2, 0.25) is 0 Å². The average molecular weight is 226 g/mol. The van der Waals surface area contributed by atoms with Crippen molar-refractivity contribution in [3.8, 4) is 5.75 Å². The minimum absolute atomic E-state index is 0.00458. The SMILES string of the molecule is COc1ccc2[nH]c3cnccc3c(=O)c2c1. The molecule has 3 rings (SSSR count). The highest BCUT2D eigenvalue weighted by atomic mass is 16.5. The largest absolute Gasteiger partial charge is 0.497 e. The molecule has 0 aliphatic carbocycles. The summed E-state index contributed by atoms with van der Waals surface area (Å²) in [5.41, 5.74) is 1.53. The predicted molar refractivity (Wildman–Crippen MR) is 66.4 cm³/mol. The molecule has 1 N–H and O–H groups in total. The van der Waals surface area contributed by atoms with Gasteiger partial charge in [-0.15, -0.1) is 0 Å². The summed E-state index contributed by atoms with van der Waals surface area (Å²) in [4.78, 5) is 19.4. The number of ether oxygens (including phenoxy) is 1. The number of pyridine rings is 2. The van der Waals surface area contributed by atoms with Crippen molar-refractivity contribution in [1.82, 2.24) is 9.97 Å². The third kappa shape index (κ3) is 1.45. The van der Waals surface area contributed by atoms with E-state index in [1.54, 1.807) is 31.6 Å². The third-order valence-electron chi connectivity index (χ3n) is 2.81. The van der Waals surface area contributed by atoms with Crippen molar-refractivity contribution in [2.45, 2.75) is 0 Å². The van der Waals surface area contributed by atoms with Gasteiger partial charge in [-0.2, -0.15) is 0 Å². The van der Waals surface area contributed by atoms with Crippen molar-refractivity contribution in [2.75, 3.05) is 7.11 Å². The Morgan fingerprint density at radius 1 is 1.18 bits per heavy atom. The van der Waals surface area contributed by atoms with Gasteiger partial charge in [-0.1, -0.05) is 0 Å². The molecule has 1 aromatic carbocycles. The Kier molecular flexibility index (Phi) is 2.08. The summed E-state index contributed by atoms with van der Waals surface area (Å²) < 4.78 is 5.12. The van der Waals surface area contributed by atoms with E-state index in [0.29, 0.717) is 16.5 Å². The quantitative estimate of drug-likeness (QED) is 0.646. The fourth-order valence-electron chi connectivity index (χ4n) is 1.93. The van der Waals surface area contributed by atoms with E-state index in [2.05, 4.69) is 9.97 Å².